The molecule has 2 aromatic carbocycles. The minimum atomic E-state index is -0.320. The minimum absolute atomic E-state index is 0.0257. The van der Waals surface area contributed by atoms with Crippen LogP contribution in [0.25, 0.3) is 0 Å². The lowest BCUT2D eigenvalue weighted by Crippen LogP contribution is -2.41. The highest BCUT2D eigenvalue weighted by Crippen LogP contribution is 2.40. The van der Waals surface area contributed by atoms with Crippen LogP contribution in [0.3, 0.4) is 0 Å². The zero-order valence-corrected chi connectivity index (χ0v) is 14.0. The molecule has 1 amide bonds. The second-order valence-corrected chi connectivity index (χ2v) is 5.91. The predicted molar refractivity (Wildman–Crippen MR) is 92.3 cm³/mol. The summed E-state index contributed by atoms with van der Waals surface area (Å²) in [6, 6.07) is 14.2. The quantitative estimate of drug-likeness (QED) is 0.914. The number of nitrogens with two attached hydrogens (primary N) is 1. The van der Waals surface area contributed by atoms with Crippen LogP contribution in [0.5, 0.6) is 11.5 Å². The molecule has 3 rings (SSSR count). The fraction of sp³-hybridized carbons (Fsp3) is 0.316. The number of primary amides is 1. The maximum atomic E-state index is 11.5. The summed E-state index contributed by atoms with van der Waals surface area (Å²) in [5.41, 5.74) is 8.93. The summed E-state index contributed by atoms with van der Waals surface area (Å²) in [6.45, 7) is 0.998. The molecule has 5 nitrogen and oxygen atoms in total. The third kappa shape index (κ3) is 3.08. The summed E-state index contributed by atoms with van der Waals surface area (Å²) in [5.74, 6) is 1.10. The lowest BCUT2D eigenvalue weighted by atomic mass is 9.87. The molecule has 0 saturated carbocycles. The van der Waals surface area contributed by atoms with Gasteiger partial charge in [-0.2, -0.15) is 0 Å². The molecule has 0 aliphatic carbocycles. The van der Waals surface area contributed by atoms with Crippen molar-refractivity contribution in [1.29, 1.82) is 0 Å². The zero-order valence-electron chi connectivity index (χ0n) is 14.0. The average Bonchev–Trinajstić information content (AvgIpc) is 2.60. The van der Waals surface area contributed by atoms with Crippen LogP contribution in [-0.4, -0.2) is 38.1 Å². The normalized spacial score (nSPS) is 17.2. The van der Waals surface area contributed by atoms with Crippen molar-refractivity contribution >= 4 is 5.91 Å². The van der Waals surface area contributed by atoms with E-state index in [0.29, 0.717) is 5.75 Å². The molecule has 5 heteroatoms. The van der Waals surface area contributed by atoms with Gasteiger partial charge in [0, 0.05) is 6.54 Å². The van der Waals surface area contributed by atoms with Crippen molar-refractivity contribution in [3.63, 3.8) is 0 Å². The Bertz CT molecular complexity index is 731. The van der Waals surface area contributed by atoms with E-state index in [1.807, 2.05) is 30.3 Å². The predicted octanol–water partition coefficient (Wildman–Crippen LogP) is 2.14. The fourth-order valence-electron chi connectivity index (χ4n) is 3.39. The van der Waals surface area contributed by atoms with Gasteiger partial charge >= 0.3 is 0 Å². The first-order valence-corrected chi connectivity index (χ1v) is 7.96. The van der Waals surface area contributed by atoms with Gasteiger partial charge in [-0.15, -0.1) is 0 Å². The summed E-state index contributed by atoms with van der Waals surface area (Å²) in [5, 5.41) is 0. The van der Waals surface area contributed by atoms with Gasteiger partial charge in [0.15, 0.2) is 11.5 Å². The molecular weight excluding hydrogens is 304 g/mol. The first-order valence-electron chi connectivity index (χ1n) is 7.96. The smallest absolute Gasteiger partial charge is 0.231 e. The molecule has 126 valence electrons. The molecule has 1 aliphatic rings. The molecule has 0 radical (unpaired) electrons. The van der Waals surface area contributed by atoms with E-state index >= 15 is 0 Å². The number of amides is 1. The molecule has 0 aromatic heterocycles. The fourth-order valence-corrected chi connectivity index (χ4v) is 3.39. The molecule has 2 aromatic rings. The van der Waals surface area contributed by atoms with Crippen LogP contribution in [0, 0.1) is 0 Å². The van der Waals surface area contributed by atoms with Gasteiger partial charge in [-0.25, -0.2) is 0 Å². The van der Waals surface area contributed by atoms with Gasteiger partial charge in [0.25, 0.3) is 0 Å². The van der Waals surface area contributed by atoms with E-state index < -0.39 is 0 Å². The molecule has 0 fully saturated rings. The van der Waals surface area contributed by atoms with Crippen LogP contribution in [0.15, 0.2) is 42.5 Å². The lowest BCUT2D eigenvalue weighted by molar-refractivity contribution is -0.119. The van der Waals surface area contributed by atoms with E-state index in [9.17, 15) is 4.79 Å². The average molecular weight is 326 g/mol. The highest BCUT2D eigenvalue weighted by molar-refractivity contribution is 5.76. The molecule has 1 aliphatic heterocycles. The Hall–Kier alpha value is -2.53. The van der Waals surface area contributed by atoms with Crippen molar-refractivity contribution < 1.29 is 14.3 Å². The Labute approximate surface area is 142 Å². The third-order valence-corrected chi connectivity index (χ3v) is 4.45. The first kappa shape index (κ1) is 16.3. The molecule has 24 heavy (non-hydrogen) atoms. The number of carbonyl (C=O) groups excluding carboxylic acids is 1. The van der Waals surface area contributed by atoms with Crippen molar-refractivity contribution in [2.24, 2.45) is 5.73 Å². The highest BCUT2D eigenvalue weighted by Gasteiger charge is 2.30. The number of rotatable bonds is 5. The summed E-state index contributed by atoms with van der Waals surface area (Å²) in [6.07, 6.45) is 0.840. The summed E-state index contributed by atoms with van der Waals surface area (Å²) >= 11 is 0. The largest absolute Gasteiger partial charge is 0.493 e. The monoisotopic (exact) mass is 326 g/mol. The van der Waals surface area contributed by atoms with Crippen LogP contribution in [0.4, 0.5) is 0 Å². The minimum Gasteiger partial charge on any atom is -0.493 e. The van der Waals surface area contributed by atoms with Crippen molar-refractivity contribution in [3.8, 4) is 11.5 Å². The molecule has 2 N–H and O–H groups in total. The number of carbonyl (C=O) groups is 1. The Morgan fingerprint density at radius 1 is 1.17 bits per heavy atom. The molecule has 1 heterocycles. The van der Waals surface area contributed by atoms with E-state index in [0.717, 1.165) is 29.8 Å². The van der Waals surface area contributed by atoms with Gasteiger partial charge in [-0.05, 0) is 35.2 Å². The number of fused-ring (bicyclic) bond motifs is 1. The Kier molecular flexibility index (Phi) is 4.71. The summed E-state index contributed by atoms with van der Waals surface area (Å²) in [7, 11) is 3.27. The van der Waals surface area contributed by atoms with E-state index in [4.69, 9.17) is 15.2 Å². The number of methoxy groups -OCH3 is 2. The van der Waals surface area contributed by atoms with E-state index in [1.165, 1.54) is 5.56 Å². The molecule has 0 bridgehead atoms. The van der Waals surface area contributed by atoms with E-state index in [2.05, 4.69) is 17.0 Å². The maximum Gasteiger partial charge on any atom is 0.231 e. The number of ether oxygens (including phenoxy) is 2. The van der Waals surface area contributed by atoms with Gasteiger partial charge in [-0.1, -0.05) is 30.3 Å². The van der Waals surface area contributed by atoms with Crippen molar-refractivity contribution in [1.82, 2.24) is 4.90 Å². The van der Waals surface area contributed by atoms with Gasteiger partial charge < -0.3 is 15.2 Å². The third-order valence-electron chi connectivity index (χ3n) is 4.45. The number of hydrogen-bond acceptors (Lipinski definition) is 4. The zero-order chi connectivity index (χ0) is 17.1. The van der Waals surface area contributed by atoms with Crippen LogP contribution < -0.4 is 15.2 Å². The Morgan fingerprint density at radius 2 is 1.83 bits per heavy atom. The molecule has 1 atom stereocenters. The maximum absolute atomic E-state index is 11.5. The van der Waals surface area contributed by atoms with E-state index in [-0.39, 0.29) is 18.5 Å². The first-order chi connectivity index (χ1) is 11.6. The lowest BCUT2D eigenvalue weighted by Gasteiger charge is -2.37. The second kappa shape index (κ2) is 6.93. The second-order valence-electron chi connectivity index (χ2n) is 5.91. The molecule has 0 saturated heterocycles. The molecule has 1 unspecified atom stereocenters. The highest BCUT2D eigenvalue weighted by atomic mass is 16.5. The van der Waals surface area contributed by atoms with Crippen molar-refractivity contribution in [2.75, 3.05) is 27.3 Å². The Morgan fingerprint density at radius 3 is 2.46 bits per heavy atom. The van der Waals surface area contributed by atoms with Crippen molar-refractivity contribution in [2.45, 2.75) is 12.5 Å². The number of hydrogen-bond donors (Lipinski definition) is 1. The van der Waals surface area contributed by atoms with Gasteiger partial charge in [0.2, 0.25) is 5.91 Å². The van der Waals surface area contributed by atoms with Crippen LogP contribution in [0.2, 0.25) is 0 Å². The molecular formula is C19H22N2O3. The SMILES string of the molecule is COc1cc2c(cc1OC)C(c1ccccc1)N(CC(N)=O)CC2. The summed E-state index contributed by atoms with van der Waals surface area (Å²) < 4.78 is 10.9. The van der Waals surface area contributed by atoms with Crippen LogP contribution >= 0.6 is 0 Å². The molecule has 0 spiro atoms. The van der Waals surface area contributed by atoms with Gasteiger partial charge in [-0.3, -0.25) is 9.69 Å². The van der Waals surface area contributed by atoms with Crippen molar-refractivity contribution in [3.05, 3.63) is 59.2 Å². The number of nitrogens with zero attached hydrogens (tertiary/aromatic N) is 1. The number of benzene rings is 2. The summed E-state index contributed by atoms with van der Waals surface area (Å²) in [4.78, 5) is 13.6. The van der Waals surface area contributed by atoms with Crippen LogP contribution in [-0.2, 0) is 11.2 Å². The van der Waals surface area contributed by atoms with Gasteiger partial charge in [0.1, 0.15) is 0 Å². The van der Waals surface area contributed by atoms with E-state index in [1.54, 1.807) is 14.2 Å². The topological polar surface area (TPSA) is 64.8 Å². The van der Waals surface area contributed by atoms with Gasteiger partial charge in [0.05, 0.1) is 26.8 Å². The Balaban J connectivity index is 2.12. The standard InChI is InChI=1S/C19H22N2O3/c1-23-16-10-14-8-9-21(12-18(20)22)19(13-6-4-3-5-7-13)15(14)11-17(16)24-2/h3-7,10-11,19H,8-9,12H2,1-2H3,(H2,20,22). The van der Waals surface area contributed by atoms with Crippen LogP contribution in [0.1, 0.15) is 22.7 Å².